The van der Waals surface area contributed by atoms with Gasteiger partial charge in [-0.05, 0) is 49.4 Å². The van der Waals surface area contributed by atoms with Gasteiger partial charge in [0.1, 0.15) is 11.5 Å². The Balaban J connectivity index is 1.65. The summed E-state index contributed by atoms with van der Waals surface area (Å²) in [7, 11) is 0. The van der Waals surface area contributed by atoms with Crippen LogP contribution in [0.1, 0.15) is 12.7 Å². The number of hydrazone groups is 1. The number of anilines is 1. The second-order valence-corrected chi connectivity index (χ2v) is 7.79. The first kappa shape index (κ1) is 20.1. The van der Waals surface area contributed by atoms with Crippen molar-refractivity contribution < 1.29 is 14.1 Å². The number of carbonyl (C=O) groups excluding carboxylic acids is 1. The number of nitro benzene ring substituents is 1. The average molecular weight is 487 g/mol. The van der Waals surface area contributed by atoms with Crippen molar-refractivity contribution in [3.63, 3.8) is 0 Å². The zero-order valence-electron chi connectivity index (χ0n) is 15.5. The number of nitrogens with zero attached hydrogens (tertiary/aromatic N) is 3. The Labute approximate surface area is 184 Å². The second-order valence-electron chi connectivity index (χ2n) is 6.46. The molecular formula is C21H13BrClN3O4. The van der Waals surface area contributed by atoms with Crippen LogP contribution in [0.25, 0.3) is 17.4 Å². The smallest absolute Gasteiger partial charge is 0.280 e. The van der Waals surface area contributed by atoms with Crippen LogP contribution < -0.4 is 5.01 Å². The lowest BCUT2D eigenvalue weighted by Crippen LogP contribution is -2.21. The van der Waals surface area contributed by atoms with Gasteiger partial charge in [0.25, 0.3) is 11.6 Å². The molecule has 1 amide bonds. The summed E-state index contributed by atoms with van der Waals surface area (Å²) in [5.74, 6) is 0.484. The maximum atomic E-state index is 12.9. The molecule has 0 saturated carbocycles. The highest BCUT2D eigenvalue weighted by molar-refractivity contribution is 9.10. The van der Waals surface area contributed by atoms with Gasteiger partial charge in [0.05, 0.1) is 26.9 Å². The number of nitro groups is 1. The van der Waals surface area contributed by atoms with Gasteiger partial charge in [0.15, 0.2) is 0 Å². The van der Waals surface area contributed by atoms with Crippen LogP contribution in [-0.2, 0) is 4.79 Å². The fourth-order valence-corrected chi connectivity index (χ4v) is 3.60. The Kier molecular flexibility index (Phi) is 5.27. The molecule has 9 heteroatoms. The van der Waals surface area contributed by atoms with Gasteiger partial charge >= 0.3 is 0 Å². The summed E-state index contributed by atoms with van der Waals surface area (Å²) in [5.41, 5.74) is 1.88. The molecule has 0 fully saturated rings. The summed E-state index contributed by atoms with van der Waals surface area (Å²) in [6.45, 7) is 1.74. The molecule has 3 aromatic rings. The zero-order chi connectivity index (χ0) is 21.4. The van der Waals surface area contributed by atoms with Crippen LogP contribution in [0, 0.1) is 10.1 Å². The molecular weight excluding hydrogens is 474 g/mol. The van der Waals surface area contributed by atoms with Crippen LogP contribution in [0.4, 0.5) is 11.4 Å². The fourth-order valence-electron chi connectivity index (χ4n) is 3.00. The van der Waals surface area contributed by atoms with Crippen LogP contribution >= 0.6 is 27.5 Å². The van der Waals surface area contributed by atoms with Gasteiger partial charge < -0.3 is 4.42 Å². The van der Waals surface area contributed by atoms with Crippen LogP contribution in [0.15, 0.2) is 74.2 Å². The van der Waals surface area contributed by atoms with E-state index >= 15 is 0 Å². The van der Waals surface area contributed by atoms with E-state index in [4.69, 9.17) is 16.0 Å². The van der Waals surface area contributed by atoms with E-state index in [1.165, 1.54) is 23.2 Å². The van der Waals surface area contributed by atoms with Gasteiger partial charge in [-0.1, -0.05) is 33.6 Å². The minimum absolute atomic E-state index is 0.0932. The van der Waals surface area contributed by atoms with E-state index in [-0.39, 0.29) is 11.6 Å². The van der Waals surface area contributed by atoms with E-state index < -0.39 is 4.92 Å². The minimum atomic E-state index is -0.501. The third-order valence-electron chi connectivity index (χ3n) is 4.45. The van der Waals surface area contributed by atoms with Gasteiger partial charge in [-0.2, -0.15) is 10.1 Å². The fraction of sp³-hybridized carbons (Fsp3) is 0.0476. The van der Waals surface area contributed by atoms with Crippen molar-refractivity contribution in [2.45, 2.75) is 6.92 Å². The molecule has 0 bridgehead atoms. The minimum Gasteiger partial charge on any atom is -0.457 e. The molecule has 0 radical (unpaired) electrons. The number of carbonyl (C=O) groups is 1. The zero-order valence-corrected chi connectivity index (χ0v) is 17.8. The Morgan fingerprint density at radius 3 is 2.73 bits per heavy atom. The number of amides is 1. The maximum Gasteiger partial charge on any atom is 0.280 e. The Bertz CT molecular complexity index is 1250. The van der Waals surface area contributed by atoms with Crippen LogP contribution in [0.3, 0.4) is 0 Å². The predicted molar refractivity (Wildman–Crippen MR) is 119 cm³/mol. The first-order chi connectivity index (χ1) is 14.3. The Morgan fingerprint density at radius 1 is 1.20 bits per heavy atom. The highest BCUT2D eigenvalue weighted by Crippen LogP contribution is 2.34. The molecule has 150 valence electrons. The number of furan rings is 1. The highest BCUT2D eigenvalue weighted by atomic mass is 79.9. The van der Waals surface area contributed by atoms with Crippen molar-refractivity contribution >= 4 is 56.6 Å². The highest BCUT2D eigenvalue weighted by Gasteiger charge is 2.29. The molecule has 0 spiro atoms. The molecule has 1 aromatic heterocycles. The molecule has 2 heterocycles. The average Bonchev–Trinajstić information content (AvgIpc) is 3.28. The largest absolute Gasteiger partial charge is 0.457 e. The van der Waals surface area contributed by atoms with Gasteiger partial charge in [-0.25, -0.2) is 0 Å². The SMILES string of the molecule is CC1=NN(c2cccc(Br)c2)C(=O)C1=Cc1ccc(-c2cc([N+](=O)[O-])ccc2Cl)o1. The molecule has 0 N–H and O–H groups in total. The van der Waals surface area contributed by atoms with E-state index in [1.807, 2.05) is 12.1 Å². The Morgan fingerprint density at radius 2 is 2.00 bits per heavy atom. The summed E-state index contributed by atoms with van der Waals surface area (Å²) in [4.78, 5) is 23.4. The predicted octanol–water partition coefficient (Wildman–Crippen LogP) is 6.08. The van der Waals surface area contributed by atoms with Crippen molar-refractivity contribution in [1.29, 1.82) is 0 Å². The topological polar surface area (TPSA) is 89.0 Å². The summed E-state index contributed by atoms with van der Waals surface area (Å²) in [6.07, 6.45) is 1.59. The molecule has 1 aliphatic heterocycles. The molecule has 0 saturated heterocycles. The summed E-state index contributed by atoms with van der Waals surface area (Å²) < 4.78 is 6.62. The molecule has 0 atom stereocenters. The number of benzene rings is 2. The first-order valence-corrected chi connectivity index (χ1v) is 9.92. The normalized spacial score (nSPS) is 15.0. The molecule has 2 aromatic carbocycles. The molecule has 7 nitrogen and oxygen atoms in total. The van der Waals surface area contributed by atoms with Crippen LogP contribution in [-0.4, -0.2) is 16.5 Å². The monoisotopic (exact) mass is 485 g/mol. The molecule has 1 aliphatic rings. The summed E-state index contributed by atoms with van der Waals surface area (Å²) >= 11 is 9.57. The molecule has 0 unspecified atom stereocenters. The van der Waals surface area contributed by atoms with Crippen molar-refractivity contribution in [3.05, 3.63) is 85.5 Å². The summed E-state index contributed by atoms with van der Waals surface area (Å²) in [6, 6.07) is 14.7. The van der Waals surface area contributed by atoms with Crippen molar-refractivity contribution in [2.24, 2.45) is 5.10 Å². The lowest BCUT2D eigenvalue weighted by molar-refractivity contribution is -0.384. The molecule has 4 rings (SSSR count). The Hall–Kier alpha value is -3.23. The van der Waals surface area contributed by atoms with E-state index in [1.54, 1.807) is 37.3 Å². The second kappa shape index (κ2) is 7.89. The van der Waals surface area contributed by atoms with E-state index in [0.717, 1.165) is 4.47 Å². The lowest BCUT2D eigenvalue weighted by atomic mass is 10.1. The molecule has 30 heavy (non-hydrogen) atoms. The van der Waals surface area contributed by atoms with Gasteiger partial charge in [-0.15, -0.1) is 0 Å². The number of halogens is 2. The standard InChI is InChI=1S/C21H13BrClN3O4/c1-12-17(21(27)25(24-12)14-4-2-3-13(22)9-14)11-16-6-8-20(30-16)18-10-15(26(28)29)5-7-19(18)23/h2-11H,1H3. The van der Waals surface area contributed by atoms with E-state index in [0.29, 0.717) is 39.1 Å². The quantitative estimate of drug-likeness (QED) is 0.254. The maximum absolute atomic E-state index is 12.9. The number of hydrogen-bond donors (Lipinski definition) is 0. The molecule has 0 aliphatic carbocycles. The number of hydrogen-bond acceptors (Lipinski definition) is 5. The third kappa shape index (κ3) is 3.79. The van der Waals surface area contributed by atoms with Crippen LogP contribution in [0.5, 0.6) is 0 Å². The van der Waals surface area contributed by atoms with Crippen molar-refractivity contribution in [1.82, 2.24) is 0 Å². The van der Waals surface area contributed by atoms with E-state index in [9.17, 15) is 14.9 Å². The number of rotatable bonds is 4. The van der Waals surface area contributed by atoms with Gasteiger partial charge in [0, 0.05) is 22.2 Å². The number of non-ortho nitro benzene ring substituents is 1. The third-order valence-corrected chi connectivity index (χ3v) is 5.28. The lowest BCUT2D eigenvalue weighted by Gasteiger charge is -2.11. The van der Waals surface area contributed by atoms with Crippen molar-refractivity contribution in [3.8, 4) is 11.3 Å². The van der Waals surface area contributed by atoms with Crippen LogP contribution in [0.2, 0.25) is 5.02 Å². The summed E-state index contributed by atoms with van der Waals surface area (Å²) in [5, 5.41) is 17.0. The van der Waals surface area contributed by atoms with Gasteiger partial charge in [-0.3, -0.25) is 14.9 Å². The van der Waals surface area contributed by atoms with E-state index in [2.05, 4.69) is 21.0 Å². The van der Waals surface area contributed by atoms with Gasteiger partial charge in [0.2, 0.25) is 0 Å². The van der Waals surface area contributed by atoms with Crippen molar-refractivity contribution in [2.75, 3.05) is 5.01 Å². The first-order valence-electron chi connectivity index (χ1n) is 8.75.